The van der Waals surface area contributed by atoms with Crippen molar-refractivity contribution >= 4 is 23.4 Å². The van der Waals surface area contributed by atoms with Gasteiger partial charge in [-0.25, -0.2) is 4.98 Å². The molecule has 0 aliphatic heterocycles. The number of para-hydroxylation sites is 1. The highest BCUT2D eigenvalue weighted by Gasteiger charge is 2.16. The summed E-state index contributed by atoms with van der Waals surface area (Å²) in [7, 11) is 0. The van der Waals surface area contributed by atoms with Crippen molar-refractivity contribution in [3.8, 4) is 0 Å². The van der Waals surface area contributed by atoms with Gasteiger partial charge in [-0.05, 0) is 26.0 Å². The monoisotopic (exact) mass is 289 g/mol. The summed E-state index contributed by atoms with van der Waals surface area (Å²) in [5, 5.41) is 2.90. The molecule has 104 valence electrons. The van der Waals surface area contributed by atoms with Gasteiger partial charge in [0.2, 0.25) is 5.91 Å². The Morgan fingerprint density at radius 1 is 1.35 bits per heavy atom. The Hall–Kier alpha value is -2.08. The second-order valence-electron chi connectivity index (χ2n) is 4.31. The molecule has 0 spiro atoms. The van der Waals surface area contributed by atoms with Crippen molar-refractivity contribution in [3.63, 3.8) is 0 Å². The van der Waals surface area contributed by atoms with Crippen LogP contribution in [0.5, 0.6) is 0 Å². The van der Waals surface area contributed by atoms with Crippen molar-refractivity contribution in [2.24, 2.45) is 0 Å². The molecule has 5 nitrogen and oxygen atoms in total. The lowest BCUT2D eigenvalue weighted by Gasteiger charge is -2.11. The van der Waals surface area contributed by atoms with Gasteiger partial charge in [-0.15, -0.1) is 0 Å². The Labute approximate surface area is 120 Å². The van der Waals surface area contributed by atoms with Gasteiger partial charge in [0.25, 0.3) is 5.56 Å². The number of anilines is 1. The van der Waals surface area contributed by atoms with Crippen molar-refractivity contribution in [3.05, 3.63) is 52.4 Å². The van der Waals surface area contributed by atoms with Crippen molar-refractivity contribution < 1.29 is 4.79 Å². The predicted octanol–water partition coefficient (Wildman–Crippen LogP) is 2.20. The number of carbonyl (C=O) groups is 1. The van der Waals surface area contributed by atoms with Gasteiger partial charge in [-0.1, -0.05) is 30.0 Å². The molecule has 2 rings (SSSR count). The van der Waals surface area contributed by atoms with E-state index >= 15 is 0 Å². The van der Waals surface area contributed by atoms with E-state index in [2.05, 4.69) is 15.3 Å². The van der Waals surface area contributed by atoms with Crippen molar-refractivity contribution in [1.82, 2.24) is 9.97 Å². The van der Waals surface area contributed by atoms with E-state index in [4.69, 9.17) is 0 Å². The number of benzene rings is 1. The van der Waals surface area contributed by atoms with Gasteiger partial charge < -0.3 is 10.3 Å². The van der Waals surface area contributed by atoms with Crippen LogP contribution in [0.1, 0.15) is 12.6 Å². The van der Waals surface area contributed by atoms with E-state index in [9.17, 15) is 9.59 Å². The van der Waals surface area contributed by atoms with E-state index in [0.29, 0.717) is 10.9 Å². The maximum absolute atomic E-state index is 12.0. The van der Waals surface area contributed by atoms with E-state index in [0.717, 1.165) is 5.69 Å². The summed E-state index contributed by atoms with van der Waals surface area (Å²) in [5.41, 5.74) is 1.17. The molecule has 1 aromatic carbocycles. The van der Waals surface area contributed by atoms with Gasteiger partial charge in [-0.3, -0.25) is 9.59 Å². The van der Waals surface area contributed by atoms with Crippen LogP contribution in [-0.4, -0.2) is 21.1 Å². The molecular weight excluding hydrogens is 274 g/mol. The zero-order valence-electron chi connectivity index (χ0n) is 11.2. The smallest absolute Gasteiger partial charge is 0.251 e. The first-order valence-electron chi connectivity index (χ1n) is 6.15. The van der Waals surface area contributed by atoms with Crippen molar-refractivity contribution in [2.45, 2.75) is 24.3 Å². The molecule has 0 aliphatic carbocycles. The fourth-order valence-electron chi connectivity index (χ4n) is 1.59. The number of H-pyrrole nitrogens is 1. The molecule has 2 aromatic rings. The van der Waals surface area contributed by atoms with Gasteiger partial charge in [0.15, 0.2) is 5.16 Å². The van der Waals surface area contributed by atoms with E-state index in [1.807, 2.05) is 30.3 Å². The lowest BCUT2D eigenvalue weighted by atomic mass is 10.3. The molecule has 20 heavy (non-hydrogen) atoms. The number of nitrogens with one attached hydrogen (secondary N) is 2. The average molecular weight is 289 g/mol. The number of carbonyl (C=O) groups excluding carboxylic acids is 1. The number of hydrogen-bond acceptors (Lipinski definition) is 4. The van der Waals surface area contributed by atoms with Crippen molar-refractivity contribution in [2.75, 3.05) is 5.32 Å². The van der Waals surface area contributed by atoms with Crippen LogP contribution in [0.2, 0.25) is 0 Å². The molecule has 0 saturated heterocycles. The molecule has 0 radical (unpaired) electrons. The van der Waals surface area contributed by atoms with Gasteiger partial charge in [-0.2, -0.15) is 0 Å². The number of rotatable bonds is 4. The number of aromatic nitrogens is 2. The lowest BCUT2D eigenvalue weighted by Crippen LogP contribution is -2.23. The van der Waals surface area contributed by atoms with E-state index in [1.54, 1.807) is 13.8 Å². The molecule has 1 aromatic heterocycles. The minimum atomic E-state index is -0.361. The maximum Gasteiger partial charge on any atom is 0.251 e. The normalized spacial score (nSPS) is 11.9. The summed E-state index contributed by atoms with van der Waals surface area (Å²) >= 11 is 1.22. The summed E-state index contributed by atoms with van der Waals surface area (Å²) in [4.78, 5) is 30.2. The Balaban J connectivity index is 2.02. The Morgan fingerprint density at radius 3 is 2.70 bits per heavy atom. The van der Waals surface area contributed by atoms with Crippen LogP contribution in [0.25, 0.3) is 0 Å². The molecule has 1 atom stereocenters. The Kier molecular flexibility index (Phi) is 4.57. The zero-order chi connectivity index (χ0) is 14.5. The molecule has 0 fully saturated rings. The van der Waals surface area contributed by atoms with Gasteiger partial charge in [0, 0.05) is 17.4 Å². The van der Waals surface area contributed by atoms with Crippen molar-refractivity contribution in [1.29, 1.82) is 0 Å². The van der Waals surface area contributed by atoms with Crippen LogP contribution in [0, 0.1) is 6.92 Å². The SMILES string of the molecule is Cc1cc(=O)[nH]c(S[C@@H](C)C(=O)Nc2ccccc2)n1. The number of aryl methyl sites for hydroxylation is 1. The number of nitrogens with zero attached hydrogens (tertiary/aromatic N) is 1. The summed E-state index contributed by atoms with van der Waals surface area (Å²) in [5.74, 6) is -0.134. The minimum absolute atomic E-state index is 0.134. The summed E-state index contributed by atoms with van der Waals surface area (Å²) in [6.07, 6.45) is 0. The first kappa shape index (κ1) is 14.3. The van der Waals surface area contributed by atoms with E-state index < -0.39 is 0 Å². The van der Waals surface area contributed by atoms with Crippen LogP contribution < -0.4 is 10.9 Å². The quantitative estimate of drug-likeness (QED) is 0.668. The van der Waals surface area contributed by atoms with E-state index in [-0.39, 0.29) is 16.7 Å². The number of hydrogen-bond donors (Lipinski definition) is 2. The minimum Gasteiger partial charge on any atom is -0.325 e. The molecule has 0 unspecified atom stereocenters. The standard InChI is InChI=1S/C14H15N3O2S/c1-9-8-12(18)17-14(15-9)20-10(2)13(19)16-11-6-4-3-5-7-11/h3-8,10H,1-2H3,(H,16,19)(H,15,17,18)/t10-/m0/s1. The first-order valence-corrected chi connectivity index (χ1v) is 7.03. The third-order valence-corrected chi connectivity index (χ3v) is 3.53. The van der Waals surface area contributed by atoms with Gasteiger partial charge >= 0.3 is 0 Å². The molecular formula is C14H15N3O2S. The third kappa shape index (κ3) is 3.96. The molecule has 0 aliphatic rings. The molecule has 1 heterocycles. The largest absolute Gasteiger partial charge is 0.325 e. The van der Waals surface area contributed by atoms with Crippen LogP contribution in [0.3, 0.4) is 0 Å². The zero-order valence-corrected chi connectivity index (χ0v) is 12.0. The molecule has 0 saturated carbocycles. The number of thioether (sulfide) groups is 1. The second-order valence-corrected chi connectivity index (χ2v) is 5.64. The van der Waals surface area contributed by atoms with Gasteiger partial charge in [0.1, 0.15) is 0 Å². The Bertz CT molecular complexity index is 655. The summed E-state index contributed by atoms with van der Waals surface area (Å²) < 4.78 is 0. The van der Waals surface area contributed by atoms with E-state index in [1.165, 1.54) is 17.8 Å². The average Bonchev–Trinajstić information content (AvgIpc) is 2.38. The summed E-state index contributed by atoms with van der Waals surface area (Å²) in [6.45, 7) is 3.51. The first-order chi connectivity index (χ1) is 9.54. The highest BCUT2D eigenvalue weighted by Crippen LogP contribution is 2.19. The molecule has 1 amide bonds. The fourth-order valence-corrected chi connectivity index (χ4v) is 2.45. The third-order valence-electron chi connectivity index (χ3n) is 2.55. The van der Waals surface area contributed by atoms with Gasteiger partial charge in [0.05, 0.1) is 5.25 Å². The predicted molar refractivity (Wildman–Crippen MR) is 80.0 cm³/mol. The highest BCUT2D eigenvalue weighted by molar-refractivity contribution is 8.00. The molecule has 2 N–H and O–H groups in total. The molecule has 0 bridgehead atoms. The number of aromatic amines is 1. The van der Waals surface area contributed by atoms with Crippen LogP contribution >= 0.6 is 11.8 Å². The lowest BCUT2D eigenvalue weighted by molar-refractivity contribution is -0.115. The molecule has 6 heteroatoms. The van der Waals surface area contributed by atoms with Crippen LogP contribution in [0.15, 0.2) is 46.3 Å². The maximum atomic E-state index is 12.0. The summed E-state index contributed by atoms with van der Waals surface area (Å²) in [6, 6.07) is 10.7. The fraction of sp³-hybridized carbons (Fsp3) is 0.214. The topological polar surface area (TPSA) is 74.8 Å². The Morgan fingerprint density at radius 2 is 2.05 bits per heavy atom. The van der Waals surface area contributed by atoms with Crippen LogP contribution in [-0.2, 0) is 4.79 Å². The number of amides is 1. The highest BCUT2D eigenvalue weighted by atomic mass is 32.2. The second kappa shape index (κ2) is 6.38. The van der Waals surface area contributed by atoms with Crippen LogP contribution in [0.4, 0.5) is 5.69 Å².